The monoisotopic (exact) mass is 337 g/mol. The highest BCUT2D eigenvalue weighted by molar-refractivity contribution is 6.30. The second kappa shape index (κ2) is 8.13. The lowest BCUT2D eigenvalue weighted by Gasteiger charge is -2.28. The number of amides is 1. The molecule has 0 aliphatic carbocycles. The number of carbonyl (C=O) groups excluding carboxylic acids is 1. The number of hydrogen-bond acceptors (Lipinski definition) is 3. The summed E-state index contributed by atoms with van der Waals surface area (Å²) in [4.78, 5) is 17.0. The van der Waals surface area contributed by atoms with Gasteiger partial charge in [0.05, 0.1) is 6.54 Å². The highest BCUT2D eigenvalue weighted by atomic mass is 35.5. The number of nitrogens with zero attached hydrogens (tertiary/aromatic N) is 2. The highest BCUT2D eigenvalue weighted by Gasteiger charge is 2.21. The van der Waals surface area contributed by atoms with Gasteiger partial charge in [0.2, 0.25) is 5.91 Å². The third kappa shape index (κ3) is 6.90. The largest absolute Gasteiger partial charge is 0.325 e. The molecule has 0 bridgehead atoms. The van der Waals surface area contributed by atoms with Crippen LogP contribution in [0, 0.1) is 5.41 Å². The average molecular weight is 338 g/mol. The smallest absolute Gasteiger partial charge is 0.238 e. The summed E-state index contributed by atoms with van der Waals surface area (Å²) in [5.41, 5.74) is 1.07. The van der Waals surface area contributed by atoms with E-state index in [-0.39, 0.29) is 5.91 Å². The van der Waals surface area contributed by atoms with Gasteiger partial charge in [0.1, 0.15) is 0 Å². The van der Waals surface area contributed by atoms with E-state index in [1.807, 2.05) is 12.1 Å². The zero-order valence-corrected chi connectivity index (χ0v) is 15.2. The number of halogens is 1. The molecule has 0 atom stereocenters. The topological polar surface area (TPSA) is 35.6 Å². The lowest BCUT2D eigenvalue weighted by molar-refractivity contribution is -0.117. The highest BCUT2D eigenvalue weighted by Crippen LogP contribution is 2.17. The SMILES string of the molecule is CC(C)(C)CN1CCCN(CC(=O)Nc2cccc(Cl)c2)CC1. The standard InChI is InChI=1S/C18H28ClN3O/c1-18(2,3)14-22-9-5-8-21(10-11-22)13-17(23)20-16-7-4-6-15(19)12-16/h4,6-7,12H,5,8-11,13-14H2,1-3H3,(H,20,23). The van der Waals surface area contributed by atoms with E-state index in [4.69, 9.17) is 11.6 Å². The van der Waals surface area contributed by atoms with E-state index in [0.717, 1.165) is 44.8 Å². The molecule has 0 radical (unpaired) electrons. The molecule has 1 saturated heterocycles. The molecule has 0 unspecified atom stereocenters. The fourth-order valence-electron chi connectivity index (χ4n) is 2.98. The molecule has 1 aliphatic heterocycles. The molecule has 23 heavy (non-hydrogen) atoms. The van der Waals surface area contributed by atoms with Crippen molar-refractivity contribution in [1.29, 1.82) is 0 Å². The van der Waals surface area contributed by atoms with Gasteiger partial charge in [-0.3, -0.25) is 9.69 Å². The molecule has 128 valence electrons. The Balaban J connectivity index is 1.80. The lowest BCUT2D eigenvalue weighted by atomic mass is 9.96. The molecule has 5 heteroatoms. The first-order valence-corrected chi connectivity index (χ1v) is 8.70. The number of nitrogens with one attached hydrogen (secondary N) is 1. The van der Waals surface area contributed by atoms with Crippen LogP contribution in [-0.2, 0) is 4.79 Å². The van der Waals surface area contributed by atoms with Gasteiger partial charge in [-0.05, 0) is 43.1 Å². The Bertz CT molecular complexity index is 527. The minimum Gasteiger partial charge on any atom is -0.325 e. The van der Waals surface area contributed by atoms with Crippen molar-refractivity contribution in [3.05, 3.63) is 29.3 Å². The summed E-state index contributed by atoms with van der Waals surface area (Å²) in [5.74, 6) is 0.0246. The van der Waals surface area contributed by atoms with Gasteiger partial charge in [0, 0.05) is 30.3 Å². The summed E-state index contributed by atoms with van der Waals surface area (Å²) in [5, 5.41) is 3.56. The van der Waals surface area contributed by atoms with Crippen LogP contribution in [0.5, 0.6) is 0 Å². The third-order valence-corrected chi connectivity index (χ3v) is 4.09. The molecule has 1 amide bonds. The van der Waals surface area contributed by atoms with E-state index in [0.29, 0.717) is 17.0 Å². The van der Waals surface area contributed by atoms with Crippen molar-refractivity contribution in [2.75, 3.05) is 44.6 Å². The molecule has 1 N–H and O–H groups in total. The molecule has 1 fully saturated rings. The molecule has 1 aliphatic rings. The van der Waals surface area contributed by atoms with Crippen molar-refractivity contribution in [2.45, 2.75) is 27.2 Å². The van der Waals surface area contributed by atoms with Crippen LogP contribution in [0.4, 0.5) is 5.69 Å². The van der Waals surface area contributed by atoms with Gasteiger partial charge in [0.15, 0.2) is 0 Å². The quantitative estimate of drug-likeness (QED) is 0.915. The minimum atomic E-state index is 0.0246. The second-order valence-corrected chi connectivity index (χ2v) is 7.96. The predicted octanol–water partition coefficient (Wildman–Crippen LogP) is 3.33. The van der Waals surface area contributed by atoms with Gasteiger partial charge in [-0.15, -0.1) is 0 Å². The summed E-state index contributed by atoms with van der Waals surface area (Å²) < 4.78 is 0. The van der Waals surface area contributed by atoms with Gasteiger partial charge >= 0.3 is 0 Å². The first kappa shape index (κ1) is 18.2. The van der Waals surface area contributed by atoms with Crippen LogP contribution < -0.4 is 5.32 Å². The van der Waals surface area contributed by atoms with E-state index in [1.54, 1.807) is 12.1 Å². The van der Waals surface area contributed by atoms with E-state index < -0.39 is 0 Å². The molecule has 4 nitrogen and oxygen atoms in total. The maximum absolute atomic E-state index is 12.2. The van der Waals surface area contributed by atoms with E-state index in [2.05, 4.69) is 35.9 Å². The van der Waals surface area contributed by atoms with Gasteiger partial charge in [0.25, 0.3) is 0 Å². The molecular formula is C18H28ClN3O. The van der Waals surface area contributed by atoms with Gasteiger partial charge in [-0.25, -0.2) is 0 Å². The Hall–Kier alpha value is -1.10. The van der Waals surface area contributed by atoms with Gasteiger partial charge in [-0.1, -0.05) is 38.4 Å². The maximum atomic E-state index is 12.2. The van der Waals surface area contributed by atoms with Gasteiger partial charge in [-0.2, -0.15) is 0 Å². The maximum Gasteiger partial charge on any atom is 0.238 e. The molecule has 1 aromatic rings. The summed E-state index contributed by atoms with van der Waals surface area (Å²) in [7, 11) is 0. The Morgan fingerprint density at radius 2 is 1.87 bits per heavy atom. The van der Waals surface area contributed by atoms with Crippen LogP contribution >= 0.6 is 11.6 Å². The minimum absolute atomic E-state index is 0.0246. The normalized spacial score (nSPS) is 17.7. The summed E-state index contributed by atoms with van der Waals surface area (Å²) in [6, 6.07) is 7.27. The van der Waals surface area contributed by atoms with Gasteiger partial charge < -0.3 is 10.2 Å². The fourth-order valence-corrected chi connectivity index (χ4v) is 3.17. The lowest BCUT2D eigenvalue weighted by Crippen LogP contribution is -2.38. The van der Waals surface area contributed by atoms with Crippen molar-refractivity contribution in [3.8, 4) is 0 Å². The summed E-state index contributed by atoms with van der Waals surface area (Å²) in [6.07, 6.45) is 1.11. The zero-order valence-electron chi connectivity index (χ0n) is 14.4. The van der Waals surface area contributed by atoms with E-state index in [9.17, 15) is 4.79 Å². The van der Waals surface area contributed by atoms with E-state index >= 15 is 0 Å². The Morgan fingerprint density at radius 1 is 1.17 bits per heavy atom. The van der Waals surface area contributed by atoms with E-state index in [1.165, 1.54) is 0 Å². The summed E-state index contributed by atoms with van der Waals surface area (Å²) >= 11 is 5.94. The van der Waals surface area contributed by atoms with Crippen molar-refractivity contribution in [2.24, 2.45) is 5.41 Å². The first-order chi connectivity index (χ1) is 10.8. The Labute approximate surface area is 144 Å². The van der Waals surface area contributed by atoms with Crippen molar-refractivity contribution >= 4 is 23.2 Å². The third-order valence-electron chi connectivity index (χ3n) is 3.85. The predicted molar refractivity (Wildman–Crippen MR) is 97.0 cm³/mol. The van der Waals surface area contributed by atoms with Crippen LogP contribution in [0.3, 0.4) is 0 Å². The number of carbonyl (C=O) groups is 1. The van der Waals surface area contributed by atoms with Crippen molar-refractivity contribution < 1.29 is 4.79 Å². The molecule has 0 saturated carbocycles. The van der Waals surface area contributed by atoms with Crippen molar-refractivity contribution in [1.82, 2.24) is 9.80 Å². The van der Waals surface area contributed by atoms with Crippen LogP contribution in [0.2, 0.25) is 5.02 Å². The molecule has 1 aromatic carbocycles. The molecular weight excluding hydrogens is 310 g/mol. The molecule has 0 spiro atoms. The molecule has 1 heterocycles. The van der Waals surface area contributed by atoms with Crippen LogP contribution in [0.1, 0.15) is 27.2 Å². The second-order valence-electron chi connectivity index (χ2n) is 7.53. The number of hydrogen-bond donors (Lipinski definition) is 1. The van der Waals surface area contributed by atoms with Crippen LogP contribution in [0.25, 0.3) is 0 Å². The first-order valence-electron chi connectivity index (χ1n) is 8.32. The molecule has 2 rings (SSSR count). The average Bonchev–Trinajstić information content (AvgIpc) is 2.62. The van der Waals surface area contributed by atoms with Crippen LogP contribution in [-0.4, -0.2) is 55.0 Å². The Kier molecular flexibility index (Phi) is 6.45. The summed E-state index contributed by atoms with van der Waals surface area (Å²) in [6.45, 7) is 12.4. The van der Waals surface area contributed by atoms with Crippen molar-refractivity contribution in [3.63, 3.8) is 0 Å². The zero-order chi connectivity index (χ0) is 16.9. The van der Waals surface area contributed by atoms with Crippen LogP contribution in [0.15, 0.2) is 24.3 Å². The fraction of sp³-hybridized carbons (Fsp3) is 0.611. The molecule has 0 aromatic heterocycles. The number of benzene rings is 1. The number of rotatable bonds is 4. The number of anilines is 1. The Morgan fingerprint density at radius 3 is 2.57 bits per heavy atom.